The summed E-state index contributed by atoms with van der Waals surface area (Å²) in [5.74, 6) is -1.99. The molecule has 4 N–H and O–H groups in total. The van der Waals surface area contributed by atoms with Crippen LogP contribution in [0.4, 0.5) is 10.7 Å². The van der Waals surface area contributed by atoms with Crippen molar-refractivity contribution in [2.24, 2.45) is 5.92 Å². The molecular weight excluding hydrogens is 518 g/mol. The Bertz CT molecular complexity index is 1170. The van der Waals surface area contributed by atoms with Crippen molar-refractivity contribution in [1.82, 2.24) is 16.1 Å². The quantitative estimate of drug-likeness (QED) is 0.345. The SMILES string of the molecule is CCOC(=O)c1sc(NC(=O)CSC2NC(=O)C3CNN(c4ccccc4)C3N2)c(C(=O)OCC)c1C. The van der Waals surface area contributed by atoms with Crippen LogP contribution >= 0.6 is 23.1 Å². The molecule has 11 nitrogen and oxygen atoms in total. The Balaban J connectivity index is 1.42. The molecule has 1 aromatic heterocycles. The number of hydrazine groups is 1. The molecule has 0 saturated carbocycles. The highest BCUT2D eigenvalue weighted by Gasteiger charge is 2.44. The largest absolute Gasteiger partial charge is 0.462 e. The lowest BCUT2D eigenvalue weighted by Crippen LogP contribution is -2.63. The number of fused-ring (bicyclic) bond motifs is 1. The molecule has 1 aromatic carbocycles. The molecule has 13 heteroatoms. The zero-order valence-corrected chi connectivity index (χ0v) is 22.3. The molecule has 3 atom stereocenters. The van der Waals surface area contributed by atoms with Gasteiger partial charge < -0.3 is 20.1 Å². The summed E-state index contributed by atoms with van der Waals surface area (Å²) in [6.45, 7) is 5.81. The average Bonchev–Trinajstić information content (AvgIpc) is 3.45. The second-order valence-electron chi connectivity index (χ2n) is 8.23. The van der Waals surface area contributed by atoms with Crippen LogP contribution in [0.2, 0.25) is 0 Å². The van der Waals surface area contributed by atoms with E-state index in [0.717, 1.165) is 17.0 Å². The molecule has 2 saturated heterocycles. The minimum absolute atomic E-state index is 0.0119. The number of esters is 2. The Kier molecular flexibility index (Phi) is 8.69. The smallest absolute Gasteiger partial charge is 0.348 e. The average molecular weight is 548 g/mol. The maximum absolute atomic E-state index is 12.8. The molecule has 4 rings (SSSR count). The molecule has 0 bridgehead atoms. The summed E-state index contributed by atoms with van der Waals surface area (Å²) in [5.41, 5.74) is 4.21. The Morgan fingerprint density at radius 2 is 1.84 bits per heavy atom. The van der Waals surface area contributed by atoms with Crippen molar-refractivity contribution in [2.75, 3.05) is 35.8 Å². The topological polar surface area (TPSA) is 138 Å². The summed E-state index contributed by atoms with van der Waals surface area (Å²) in [6.07, 6.45) is -0.279. The number of amides is 2. The number of thioether (sulfide) groups is 1. The van der Waals surface area contributed by atoms with E-state index in [4.69, 9.17) is 9.47 Å². The van der Waals surface area contributed by atoms with Gasteiger partial charge in [0.05, 0.1) is 36.1 Å². The van der Waals surface area contributed by atoms with Crippen LogP contribution in [0.15, 0.2) is 30.3 Å². The lowest BCUT2D eigenvalue weighted by Gasteiger charge is -2.37. The number of nitrogens with zero attached hydrogens (tertiary/aromatic N) is 1. The van der Waals surface area contributed by atoms with E-state index >= 15 is 0 Å². The summed E-state index contributed by atoms with van der Waals surface area (Å²) >= 11 is 2.18. The van der Waals surface area contributed by atoms with Crippen molar-refractivity contribution in [2.45, 2.75) is 32.4 Å². The van der Waals surface area contributed by atoms with Crippen molar-refractivity contribution < 1.29 is 28.7 Å². The summed E-state index contributed by atoms with van der Waals surface area (Å²) < 4.78 is 10.2. The van der Waals surface area contributed by atoms with E-state index in [9.17, 15) is 19.2 Å². The van der Waals surface area contributed by atoms with Gasteiger partial charge >= 0.3 is 11.9 Å². The maximum atomic E-state index is 12.8. The number of para-hydroxylation sites is 1. The van der Waals surface area contributed by atoms with Gasteiger partial charge in [-0.3, -0.25) is 19.9 Å². The zero-order valence-electron chi connectivity index (χ0n) is 20.7. The molecule has 3 heterocycles. The fraction of sp³-hybridized carbons (Fsp3) is 0.417. The van der Waals surface area contributed by atoms with Gasteiger partial charge in [-0.2, -0.15) is 0 Å². The van der Waals surface area contributed by atoms with Gasteiger partial charge in [-0.25, -0.2) is 15.0 Å². The molecular formula is C24H29N5O6S2. The lowest BCUT2D eigenvalue weighted by molar-refractivity contribution is -0.127. The molecule has 0 spiro atoms. The van der Waals surface area contributed by atoms with Gasteiger partial charge in [0, 0.05) is 6.54 Å². The van der Waals surface area contributed by atoms with Crippen LogP contribution in [0, 0.1) is 12.8 Å². The number of thiophene rings is 1. The third-order valence-corrected chi connectivity index (χ3v) is 8.03. The summed E-state index contributed by atoms with van der Waals surface area (Å²) in [6, 6.07) is 9.68. The van der Waals surface area contributed by atoms with Crippen molar-refractivity contribution in [1.29, 1.82) is 0 Å². The van der Waals surface area contributed by atoms with Gasteiger partial charge in [-0.05, 0) is 38.5 Å². The van der Waals surface area contributed by atoms with Crippen LogP contribution in [-0.2, 0) is 19.1 Å². The highest BCUT2D eigenvalue weighted by atomic mass is 32.2. The van der Waals surface area contributed by atoms with Crippen LogP contribution in [0.3, 0.4) is 0 Å². The van der Waals surface area contributed by atoms with E-state index in [-0.39, 0.29) is 52.4 Å². The zero-order chi connectivity index (χ0) is 26.5. The highest BCUT2D eigenvalue weighted by molar-refractivity contribution is 8.00. The normalized spacial score (nSPS) is 20.7. The van der Waals surface area contributed by atoms with E-state index < -0.39 is 23.3 Å². The van der Waals surface area contributed by atoms with Crippen molar-refractivity contribution in [3.8, 4) is 0 Å². The minimum Gasteiger partial charge on any atom is -0.462 e. The van der Waals surface area contributed by atoms with E-state index in [1.165, 1.54) is 11.8 Å². The Hall–Kier alpha value is -3.13. The van der Waals surface area contributed by atoms with Crippen molar-refractivity contribution in [3.05, 3.63) is 46.3 Å². The lowest BCUT2D eigenvalue weighted by atomic mass is 10.1. The molecule has 0 aliphatic carbocycles. The predicted octanol–water partition coefficient (Wildman–Crippen LogP) is 2.05. The van der Waals surface area contributed by atoms with Crippen molar-refractivity contribution >= 4 is 57.5 Å². The number of carbonyl (C=O) groups is 4. The molecule has 2 aliphatic heterocycles. The number of nitrogens with one attached hydrogen (secondary N) is 4. The number of hydrogen-bond donors (Lipinski definition) is 4. The van der Waals surface area contributed by atoms with Crippen molar-refractivity contribution in [3.63, 3.8) is 0 Å². The van der Waals surface area contributed by atoms with Gasteiger partial charge in [0.25, 0.3) is 0 Å². The number of ether oxygens (including phenoxy) is 2. The summed E-state index contributed by atoms with van der Waals surface area (Å²) in [7, 11) is 0. The second-order valence-corrected chi connectivity index (χ2v) is 10.3. The van der Waals surface area contributed by atoms with Crippen LogP contribution in [0.25, 0.3) is 0 Å². The highest BCUT2D eigenvalue weighted by Crippen LogP contribution is 2.34. The van der Waals surface area contributed by atoms with Crippen LogP contribution < -0.4 is 26.4 Å². The standard InChI is InChI=1S/C24H29N5O6S2/c1-4-34-22(32)17-13(3)18(23(33)35-5-2)37-21(17)26-16(30)12-36-24-27-19-15(20(31)28-24)11-25-29(19)14-9-7-6-8-10-14/h6-10,15,19,24-25,27H,4-5,11-12H2,1-3H3,(H,26,30)(H,28,31). The third kappa shape index (κ3) is 5.90. The molecule has 0 radical (unpaired) electrons. The van der Waals surface area contributed by atoms with Crippen LogP contribution in [0.1, 0.15) is 39.4 Å². The first-order chi connectivity index (χ1) is 17.8. The fourth-order valence-corrected chi connectivity index (χ4v) is 6.07. The first-order valence-electron chi connectivity index (χ1n) is 11.9. The van der Waals surface area contributed by atoms with Gasteiger partial charge in [-0.1, -0.05) is 18.2 Å². The minimum atomic E-state index is -0.628. The van der Waals surface area contributed by atoms with Crippen LogP contribution in [0.5, 0.6) is 0 Å². The summed E-state index contributed by atoms with van der Waals surface area (Å²) in [4.78, 5) is 50.7. The Labute approximate surface area is 222 Å². The maximum Gasteiger partial charge on any atom is 0.348 e. The Morgan fingerprint density at radius 1 is 1.14 bits per heavy atom. The number of anilines is 2. The Morgan fingerprint density at radius 3 is 2.54 bits per heavy atom. The van der Waals surface area contributed by atoms with Crippen LogP contribution in [-0.4, -0.2) is 60.9 Å². The molecule has 2 aromatic rings. The first-order valence-corrected chi connectivity index (χ1v) is 13.7. The molecule has 198 valence electrons. The monoisotopic (exact) mass is 547 g/mol. The van der Waals surface area contributed by atoms with E-state index in [2.05, 4.69) is 21.4 Å². The molecule has 37 heavy (non-hydrogen) atoms. The van der Waals surface area contributed by atoms with Gasteiger partial charge in [0.2, 0.25) is 11.8 Å². The number of rotatable bonds is 9. The number of benzene rings is 1. The summed E-state index contributed by atoms with van der Waals surface area (Å²) in [5, 5.41) is 11.2. The fourth-order valence-electron chi connectivity index (χ4n) is 4.14. The molecule has 2 aliphatic rings. The first kappa shape index (κ1) is 26.9. The van der Waals surface area contributed by atoms with Gasteiger partial charge in [0.1, 0.15) is 21.5 Å². The van der Waals surface area contributed by atoms with E-state index in [1.54, 1.807) is 20.8 Å². The third-order valence-electron chi connectivity index (χ3n) is 5.83. The molecule has 2 amide bonds. The van der Waals surface area contributed by atoms with Gasteiger partial charge in [-0.15, -0.1) is 23.1 Å². The number of hydrogen-bond acceptors (Lipinski definition) is 11. The van der Waals surface area contributed by atoms with E-state index in [0.29, 0.717) is 12.1 Å². The molecule has 2 fully saturated rings. The second kappa shape index (κ2) is 11.9. The number of carbonyl (C=O) groups excluding carboxylic acids is 4. The van der Waals surface area contributed by atoms with E-state index in [1.807, 2.05) is 35.3 Å². The predicted molar refractivity (Wildman–Crippen MR) is 141 cm³/mol. The molecule has 3 unspecified atom stereocenters. The van der Waals surface area contributed by atoms with Gasteiger partial charge in [0.15, 0.2) is 0 Å².